The minimum Gasteiger partial charge on any atom is -0.484 e. The molecule has 3 atom stereocenters. The molecule has 1 N–H and O–H groups in total. The minimum absolute atomic E-state index is 0.192. The average molecular weight is 418 g/mol. The van der Waals surface area contributed by atoms with E-state index in [1.54, 1.807) is 24.3 Å². The molecule has 1 aromatic carbocycles. The fourth-order valence-electron chi connectivity index (χ4n) is 3.70. The van der Waals surface area contributed by atoms with E-state index in [2.05, 4.69) is 6.92 Å². The van der Waals surface area contributed by atoms with Gasteiger partial charge in [0.2, 0.25) is 0 Å². The van der Waals surface area contributed by atoms with Crippen LogP contribution in [0.2, 0.25) is 0 Å². The average Bonchev–Trinajstić information content (AvgIpc) is 2.70. The molecule has 0 bridgehead atoms. The third-order valence-corrected chi connectivity index (χ3v) is 6.45. The molecule has 2 aliphatic rings. The van der Waals surface area contributed by atoms with Crippen molar-refractivity contribution in [1.29, 1.82) is 4.78 Å². The molecule has 0 aromatic heterocycles. The van der Waals surface area contributed by atoms with Crippen LogP contribution in [0.4, 0.5) is 0 Å². The summed E-state index contributed by atoms with van der Waals surface area (Å²) in [6.07, 6.45) is 10.7. The Balaban J connectivity index is 2.02. The van der Waals surface area contributed by atoms with Gasteiger partial charge in [0.25, 0.3) is 0 Å². The second-order valence-electron chi connectivity index (χ2n) is 7.56. The van der Waals surface area contributed by atoms with Crippen molar-refractivity contribution < 1.29 is 23.3 Å². The fourth-order valence-corrected chi connectivity index (χ4v) is 4.41. The van der Waals surface area contributed by atoms with Crippen LogP contribution in [0.5, 0.6) is 5.75 Å². The van der Waals surface area contributed by atoms with Gasteiger partial charge in [-0.2, -0.15) is 0 Å². The first-order chi connectivity index (χ1) is 13.8. The van der Waals surface area contributed by atoms with Crippen molar-refractivity contribution in [3.05, 3.63) is 47.1 Å². The van der Waals surface area contributed by atoms with Crippen LogP contribution in [-0.2, 0) is 25.7 Å². The summed E-state index contributed by atoms with van der Waals surface area (Å²) in [6, 6.07) is 3.26. The van der Waals surface area contributed by atoms with E-state index in [0.717, 1.165) is 31.2 Å². The van der Waals surface area contributed by atoms with E-state index in [9.17, 15) is 13.8 Å². The van der Waals surface area contributed by atoms with Gasteiger partial charge in [-0.1, -0.05) is 32.3 Å². The molecule has 1 aliphatic carbocycles. The number of esters is 1. The van der Waals surface area contributed by atoms with E-state index < -0.39 is 27.7 Å². The molecule has 156 valence electrons. The Labute approximate surface area is 171 Å². The van der Waals surface area contributed by atoms with E-state index in [1.807, 2.05) is 0 Å². The number of hydrogen-bond acceptors (Lipinski definition) is 6. The lowest BCUT2D eigenvalue weighted by molar-refractivity contribution is -0.135. The molecular formula is C22H27NO5S. The quantitative estimate of drug-likeness (QED) is 0.533. The number of ketones is 1. The Morgan fingerprint density at radius 1 is 1.28 bits per heavy atom. The van der Waals surface area contributed by atoms with Crippen LogP contribution in [0.1, 0.15) is 48.5 Å². The topological polar surface area (TPSA) is 93.5 Å². The van der Waals surface area contributed by atoms with E-state index >= 15 is 0 Å². The van der Waals surface area contributed by atoms with Crippen molar-refractivity contribution in [2.24, 2.45) is 5.92 Å². The Bertz CT molecular complexity index is 991. The zero-order valence-electron chi connectivity index (χ0n) is 17.0. The molecule has 1 aliphatic heterocycles. The maximum absolute atomic E-state index is 13.3. The highest BCUT2D eigenvalue weighted by atomic mass is 32.2. The Morgan fingerprint density at radius 2 is 2.03 bits per heavy atom. The van der Waals surface area contributed by atoms with E-state index in [1.165, 1.54) is 19.4 Å². The number of Topliss-reactive ketones (excluding diaryl/α,β-unsaturated/α-hetero) is 1. The SMILES string of the molecule is CCCCCCc1cc(S(C)(=N)=O)cc2c1OC1C=CC(C(=O)OC)=CC1C2=O. The van der Waals surface area contributed by atoms with E-state index in [-0.39, 0.29) is 5.78 Å². The smallest absolute Gasteiger partial charge is 0.337 e. The molecule has 1 heterocycles. The number of methoxy groups -OCH3 is 1. The number of aryl methyl sites for hydroxylation is 1. The molecule has 7 heteroatoms. The standard InChI is InChI=1S/C22H27NO5S/c1-4-5-6-7-8-14-11-16(29(3,23)26)13-18-20(24)17-12-15(22(25)27-2)9-10-19(17)28-21(14)18/h9-13,17,19,23H,4-8H2,1-3H3. The number of carbonyl (C=O) groups excluding carboxylic acids is 2. The van der Waals surface area contributed by atoms with Gasteiger partial charge in [-0.15, -0.1) is 0 Å². The lowest BCUT2D eigenvalue weighted by Gasteiger charge is -2.33. The van der Waals surface area contributed by atoms with Crippen molar-refractivity contribution in [2.75, 3.05) is 13.4 Å². The maximum atomic E-state index is 13.3. The third-order valence-electron chi connectivity index (χ3n) is 5.31. The summed E-state index contributed by atoms with van der Waals surface area (Å²) in [5.41, 5.74) is 1.47. The summed E-state index contributed by atoms with van der Waals surface area (Å²) in [5, 5.41) is 0. The molecule has 0 spiro atoms. The number of rotatable bonds is 7. The monoisotopic (exact) mass is 417 g/mol. The first-order valence-electron chi connectivity index (χ1n) is 9.86. The van der Waals surface area contributed by atoms with Crippen LogP contribution >= 0.6 is 0 Å². The highest BCUT2D eigenvalue weighted by Gasteiger charge is 2.38. The number of benzene rings is 1. The summed E-state index contributed by atoms with van der Waals surface area (Å²) in [6.45, 7) is 2.14. The number of fused-ring (bicyclic) bond motifs is 2. The fraction of sp³-hybridized carbons (Fsp3) is 0.455. The van der Waals surface area contributed by atoms with Crippen LogP contribution < -0.4 is 4.74 Å². The summed E-state index contributed by atoms with van der Waals surface area (Å²) in [5.74, 6) is -0.836. The van der Waals surface area contributed by atoms with Crippen molar-refractivity contribution in [3.63, 3.8) is 0 Å². The van der Waals surface area contributed by atoms with Gasteiger partial charge in [-0.25, -0.2) is 13.8 Å². The van der Waals surface area contributed by atoms with Crippen LogP contribution in [0, 0.1) is 10.7 Å². The molecule has 0 amide bonds. The van der Waals surface area contributed by atoms with Gasteiger partial charge in [0.1, 0.15) is 11.9 Å². The second-order valence-corrected chi connectivity index (χ2v) is 9.72. The van der Waals surface area contributed by atoms with Crippen LogP contribution in [-0.4, -0.2) is 35.4 Å². The molecule has 29 heavy (non-hydrogen) atoms. The van der Waals surface area contributed by atoms with Crippen LogP contribution in [0.15, 0.2) is 40.8 Å². The highest BCUT2D eigenvalue weighted by Crippen LogP contribution is 2.39. The zero-order chi connectivity index (χ0) is 21.2. The van der Waals surface area contributed by atoms with E-state index in [4.69, 9.17) is 14.3 Å². The summed E-state index contributed by atoms with van der Waals surface area (Å²) in [7, 11) is -1.69. The second kappa shape index (κ2) is 8.53. The molecule has 0 radical (unpaired) electrons. The summed E-state index contributed by atoms with van der Waals surface area (Å²) >= 11 is 0. The van der Waals surface area contributed by atoms with Gasteiger partial charge >= 0.3 is 5.97 Å². The predicted octanol–water partition coefficient (Wildman–Crippen LogP) is 4.07. The number of hydrogen-bond donors (Lipinski definition) is 1. The van der Waals surface area contributed by atoms with Gasteiger partial charge < -0.3 is 9.47 Å². The number of unbranched alkanes of at least 4 members (excludes halogenated alkanes) is 3. The van der Waals surface area contributed by atoms with Gasteiger partial charge in [-0.05, 0) is 42.7 Å². The van der Waals surface area contributed by atoms with Crippen LogP contribution in [0.25, 0.3) is 0 Å². The van der Waals surface area contributed by atoms with Gasteiger partial charge in [0, 0.05) is 11.2 Å². The molecule has 3 unspecified atom stereocenters. The van der Waals surface area contributed by atoms with Gasteiger partial charge in [-0.3, -0.25) is 4.79 Å². The highest BCUT2D eigenvalue weighted by molar-refractivity contribution is 7.91. The largest absolute Gasteiger partial charge is 0.484 e. The van der Waals surface area contributed by atoms with Gasteiger partial charge in [0.15, 0.2) is 5.78 Å². The third kappa shape index (κ3) is 4.45. The molecule has 6 nitrogen and oxygen atoms in total. The van der Waals surface area contributed by atoms with Crippen molar-refractivity contribution in [3.8, 4) is 5.75 Å². The molecule has 0 fully saturated rings. The van der Waals surface area contributed by atoms with Crippen LogP contribution in [0.3, 0.4) is 0 Å². The lowest BCUT2D eigenvalue weighted by Crippen LogP contribution is -2.38. The lowest BCUT2D eigenvalue weighted by atomic mass is 9.83. The molecule has 0 saturated carbocycles. The molecule has 3 rings (SSSR count). The molecule has 1 aromatic rings. The van der Waals surface area contributed by atoms with Crippen molar-refractivity contribution >= 4 is 21.5 Å². The van der Waals surface area contributed by atoms with E-state index in [0.29, 0.717) is 28.2 Å². The summed E-state index contributed by atoms with van der Waals surface area (Å²) in [4.78, 5) is 25.4. The Morgan fingerprint density at radius 3 is 2.69 bits per heavy atom. The normalized spacial score (nSPS) is 22.0. The Hall–Kier alpha value is -2.41. The molecular weight excluding hydrogens is 390 g/mol. The first-order valence-corrected chi connectivity index (χ1v) is 11.8. The van der Waals surface area contributed by atoms with Gasteiger partial charge in [0.05, 0.1) is 33.9 Å². The van der Waals surface area contributed by atoms with Crippen molar-refractivity contribution in [2.45, 2.75) is 50.0 Å². The first kappa shape index (κ1) is 21.3. The minimum atomic E-state index is -2.99. The summed E-state index contributed by atoms with van der Waals surface area (Å²) < 4.78 is 31.3. The Kier molecular flexibility index (Phi) is 6.27. The predicted molar refractivity (Wildman–Crippen MR) is 111 cm³/mol. The zero-order valence-corrected chi connectivity index (χ0v) is 17.8. The number of carbonyl (C=O) groups is 2. The van der Waals surface area contributed by atoms with Crippen molar-refractivity contribution in [1.82, 2.24) is 0 Å². The maximum Gasteiger partial charge on any atom is 0.337 e. The number of ether oxygens (including phenoxy) is 2. The molecule has 0 saturated heterocycles. The number of nitrogens with one attached hydrogen (secondary N) is 1.